The van der Waals surface area contributed by atoms with Gasteiger partial charge in [0.05, 0.1) is 19.2 Å². The Morgan fingerprint density at radius 3 is 2.40 bits per heavy atom. The van der Waals surface area contributed by atoms with E-state index in [1.165, 1.54) is 21.7 Å². The number of carbonyl (C=O) groups excluding carboxylic acids is 2. The summed E-state index contributed by atoms with van der Waals surface area (Å²) in [5.74, 6) is -0.453. The van der Waals surface area contributed by atoms with Gasteiger partial charge < -0.3 is 15.0 Å². The molecule has 0 aliphatic rings. The zero-order valence-electron chi connectivity index (χ0n) is 21.9. The number of hydrogen-bond acceptors (Lipinski definition) is 5. The first-order valence-corrected chi connectivity index (χ1v) is 12.8. The molecule has 40 heavy (non-hydrogen) atoms. The van der Waals surface area contributed by atoms with Crippen LogP contribution in [0.2, 0.25) is 0 Å². The van der Waals surface area contributed by atoms with Gasteiger partial charge in [0.1, 0.15) is 29.7 Å². The highest BCUT2D eigenvalue weighted by molar-refractivity contribution is 5.89. The molecule has 0 radical (unpaired) electrons. The summed E-state index contributed by atoms with van der Waals surface area (Å²) in [5.41, 5.74) is 3.51. The topological polar surface area (TPSA) is 89.3 Å². The van der Waals surface area contributed by atoms with Crippen molar-refractivity contribution in [1.29, 1.82) is 0 Å². The lowest BCUT2D eigenvalue weighted by Crippen LogP contribution is -2.44. The van der Waals surface area contributed by atoms with Crippen LogP contribution in [-0.4, -0.2) is 38.8 Å². The molecule has 0 saturated heterocycles. The van der Waals surface area contributed by atoms with Gasteiger partial charge in [0.25, 0.3) is 0 Å². The average molecular weight is 538 g/mol. The number of hydrogen-bond donors (Lipinski definition) is 1. The zero-order chi connectivity index (χ0) is 27.9. The molecule has 0 aliphatic carbocycles. The number of nitrogens with one attached hydrogen (secondary N) is 1. The molecular formula is C31H28FN5O3. The lowest BCUT2D eigenvalue weighted by molar-refractivity contribution is -0.142. The van der Waals surface area contributed by atoms with Crippen molar-refractivity contribution >= 4 is 22.8 Å². The van der Waals surface area contributed by atoms with Crippen LogP contribution in [0.1, 0.15) is 22.7 Å². The number of ether oxygens (including phenoxy) is 1. The SMILES string of the molecule is COc1ccccc1CN(C(=O)Cn1nnc2ccccc21)C(C(=O)NCc1ccc(F)cc1)c1ccccc1. The summed E-state index contributed by atoms with van der Waals surface area (Å²) in [7, 11) is 1.57. The van der Waals surface area contributed by atoms with Gasteiger partial charge in [-0.2, -0.15) is 0 Å². The normalized spacial score (nSPS) is 11.7. The molecule has 0 bridgehead atoms. The third-order valence-electron chi connectivity index (χ3n) is 6.61. The molecule has 0 spiro atoms. The molecule has 5 rings (SSSR count). The molecule has 0 saturated carbocycles. The molecule has 4 aromatic carbocycles. The Labute approximate surface area is 231 Å². The van der Waals surface area contributed by atoms with Crippen LogP contribution in [-0.2, 0) is 29.2 Å². The summed E-state index contributed by atoms with van der Waals surface area (Å²) in [6.45, 7) is 0.163. The molecule has 1 heterocycles. The number of benzene rings is 4. The first-order valence-electron chi connectivity index (χ1n) is 12.8. The third-order valence-corrected chi connectivity index (χ3v) is 6.61. The van der Waals surface area contributed by atoms with Gasteiger partial charge in [-0.1, -0.05) is 78.0 Å². The standard InChI is InChI=1S/C31H28FN5O3/c1-40-28-14-8-5-11-24(28)20-36(29(38)21-37-27-13-7-6-12-26(27)34-35-37)30(23-9-3-2-4-10-23)31(39)33-19-22-15-17-25(32)18-16-22/h2-18,30H,19-21H2,1H3,(H,33,39). The van der Waals surface area contributed by atoms with Crippen LogP contribution < -0.4 is 10.1 Å². The van der Waals surface area contributed by atoms with E-state index >= 15 is 0 Å². The minimum absolute atomic E-state index is 0.110. The quantitative estimate of drug-likeness (QED) is 0.280. The highest BCUT2D eigenvalue weighted by Crippen LogP contribution is 2.28. The van der Waals surface area contributed by atoms with E-state index in [1.807, 2.05) is 78.9 Å². The summed E-state index contributed by atoms with van der Waals surface area (Å²) in [6.07, 6.45) is 0. The zero-order valence-corrected chi connectivity index (χ0v) is 21.9. The molecule has 9 heteroatoms. The molecule has 202 valence electrons. The van der Waals surface area contributed by atoms with Crippen molar-refractivity contribution in [2.75, 3.05) is 7.11 Å². The number of amides is 2. The Hall–Kier alpha value is -5.05. The summed E-state index contributed by atoms with van der Waals surface area (Å²) < 4.78 is 20.5. The summed E-state index contributed by atoms with van der Waals surface area (Å²) in [4.78, 5) is 29.4. The van der Waals surface area contributed by atoms with Crippen molar-refractivity contribution < 1.29 is 18.7 Å². The first kappa shape index (κ1) is 26.6. The van der Waals surface area contributed by atoms with Crippen LogP contribution in [0.15, 0.2) is 103 Å². The summed E-state index contributed by atoms with van der Waals surface area (Å²) >= 11 is 0. The van der Waals surface area contributed by atoms with Gasteiger partial charge in [-0.25, -0.2) is 9.07 Å². The second-order valence-electron chi connectivity index (χ2n) is 9.23. The van der Waals surface area contributed by atoms with Crippen molar-refractivity contribution in [3.63, 3.8) is 0 Å². The monoisotopic (exact) mass is 537 g/mol. The van der Waals surface area contributed by atoms with Crippen LogP contribution >= 0.6 is 0 Å². The maximum absolute atomic E-state index is 14.1. The van der Waals surface area contributed by atoms with Gasteiger partial charge in [-0.15, -0.1) is 5.10 Å². The number of aromatic nitrogens is 3. The minimum Gasteiger partial charge on any atom is -0.496 e. The summed E-state index contributed by atoms with van der Waals surface area (Å²) in [6, 6.07) is 28.8. The van der Waals surface area contributed by atoms with Gasteiger partial charge in [-0.3, -0.25) is 9.59 Å². The van der Waals surface area contributed by atoms with E-state index in [2.05, 4.69) is 15.6 Å². The van der Waals surface area contributed by atoms with Crippen molar-refractivity contribution in [3.8, 4) is 5.75 Å². The molecule has 1 atom stereocenters. The van der Waals surface area contributed by atoms with Crippen molar-refractivity contribution in [2.45, 2.75) is 25.7 Å². The molecule has 8 nitrogen and oxygen atoms in total. The molecule has 0 fully saturated rings. The Balaban J connectivity index is 1.51. The maximum atomic E-state index is 14.1. The number of nitrogens with zero attached hydrogens (tertiary/aromatic N) is 4. The molecule has 0 aliphatic heterocycles. The van der Waals surface area contributed by atoms with E-state index in [-0.39, 0.29) is 37.3 Å². The number of methoxy groups -OCH3 is 1. The number of halogens is 1. The largest absolute Gasteiger partial charge is 0.496 e. The van der Waals surface area contributed by atoms with Crippen molar-refractivity contribution in [3.05, 3.63) is 126 Å². The smallest absolute Gasteiger partial charge is 0.247 e. The van der Waals surface area contributed by atoms with Gasteiger partial charge in [0.2, 0.25) is 11.8 Å². The highest BCUT2D eigenvalue weighted by Gasteiger charge is 2.32. The van der Waals surface area contributed by atoms with Gasteiger partial charge >= 0.3 is 0 Å². The van der Waals surface area contributed by atoms with Gasteiger partial charge in [0.15, 0.2) is 0 Å². The fourth-order valence-electron chi connectivity index (χ4n) is 4.59. The van der Waals surface area contributed by atoms with Crippen molar-refractivity contribution in [2.24, 2.45) is 0 Å². The predicted octanol–water partition coefficient (Wildman–Crippen LogP) is 4.67. The third kappa shape index (κ3) is 5.99. The Bertz CT molecular complexity index is 1600. The molecular weight excluding hydrogens is 509 g/mol. The highest BCUT2D eigenvalue weighted by atomic mass is 19.1. The fourth-order valence-corrected chi connectivity index (χ4v) is 4.59. The second kappa shape index (κ2) is 12.2. The van der Waals surface area contributed by atoms with Gasteiger partial charge in [-0.05, 0) is 41.5 Å². The Morgan fingerprint density at radius 2 is 1.62 bits per heavy atom. The number of carbonyl (C=O) groups is 2. The van der Waals surface area contributed by atoms with Crippen LogP contribution in [0.3, 0.4) is 0 Å². The molecule has 2 amide bonds. The van der Waals surface area contributed by atoms with E-state index < -0.39 is 6.04 Å². The number of rotatable bonds is 10. The molecule has 1 aromatic heterocycles. The van der Waals surface area contributed by atoms with E-state index in [9.17, 15) is 14.0 Å². The Morgan fingerprint density at radius 1 is 0.925 bits per heavy atom. The second-order valence-corrected chi connectivity index (χ2v) is 9.23. The van der Waals surface area contributed by atoms with Crippen LogP contribution in [0.4, 0.5) is 4.39 Å². The molecule has 5 aromatic rings. The molecule has 1 unspecified atom stereocenters. The van der Waals surface area contributed by atoms with Crippen LogP contribution in [0.5, 0.6) is 5.75 Å². The minimum atomic E-state index is -0.964. The van der Waals surface area contributed by atoms with Gasteiger partial charge in [0, 0.05) is 12.1 Å². The average Bonchev–Trinajstić information content (AvgIpc) is 3.40. The number of para-hydroxylation sites is 2. The van der Waals surface area contributed by atoms with E-state index in [0.717, 1.165) is 11.1 Å². The lowest BCUT2D eigenvalue weighted by Gasteiger charge is -2.32. The molecule has 1 N–H and O–H groups in total. The summed E-state index contributed by atoms with van der Waals surface area (Å²) in [5, 5.41) is 11.3. The fraction of sp³-hybridized carbons (Fsp3) is 0.161. The van der Waals surface area contributed by atoms with E-state index in [1.54, 1.807) is 19.2 Å². The predicted molar refractivity (Wildman–Crippen MR) is 149 cm³/mol. The van der Waals surface area contributed by atoms with E-state index in [4.69, 9.17) is 4.74 Å². The van der Waals surface area contributed by atoms with Crippen LogP contribution in [0, 0.1) is 5.82 Å². The van der Waals surface area contributed by atoms with Crippen LogP contribution in [0.25, 0.3) is 11.0 Å². The number of fused-ring (bicyclic) bond motifs is 1. The maximum Gasteiger partial charge on any atom is 0.247 e. The van der Waals surface area contributed by atoms with E-state index in [0.29, 0.717) is 22.3 Å². The van der Waals surface area contributed by atoms with Crippen molar-refractivity contribution in [1.82, 2.24) is 25.2 Å². The first-order chi connectivity index (χ1) is 19.5. The Kier molecular flexibility index (Phi) is 8.10. The lowest BCUT2D eigenvalue weighted by atomic mass is 10.0.